The molecular formula is C10H18NO2-. The highest BCUT2D eigenvalue weighted by atomic mass is 16.4. The van der Waals surface area contributed by atoms with Gasteiger partial charge in [0, 0.05) is 6.54 Å². The van der Waals surface area contributed by atoms with E-state index in [1.54, 1.807) is 13.0 Å². The second-order valence-electron chi connectivity index (χ2n) is 2.99. The molecule has 0 amide bonds. The van der Waals surface area contributed by atoms with Crippen molar-refractivity contribution < 1.29 is 9.90 Å². The molecule has 3 heteroatoms. The number of carbonyl (C=O) groups excluding carboxylic acids is 1. The van der Waals surface area contributed by atoms with Gasteiger partial charge in [0.1, 0.15) is 0 Å². The van der Waals surface area contributed by atoms with E-state index in [4.69, 9.17) is 0 Å². The summed E-state index contributed by atoms with van der Waals surface area (Å²) in [5.41, 5.74) is 0.326. The topological polar surface area (TPSA) is 43.4 Å². The number of carboxylic acids is 1. The second kappa shape index (κ2) is 6.66. The lowest BCUT2D eigenvalue weighted by atomic mass is 10.2. The third-order valence-electron chi connectivity index (χ3n) is 2.11. The lowest BCUT2D eigenvalue weighted by Crippen LogP contribution is -2.25. The normalized spacial score (nSPS) is 12.2. The standard InChI is InChI=1S/C10H19NO2/c1-4-11(5-2)8-6-7-9(3)10(12)13/h7H,4-6,8H2,1-3H3,(H,12,13)/p-1/b9-7+. The Labute approximate surface area is 80.0 Å². The van der Waals surface area contributed by atoms with Crippen LogP contribution in [0.5, 0.6) is 0 Å². The van der Waals surface area contributed by atoms with E-state index in [-0.39, 0.29) is 0 Å². The van der Waals surface area contributed by atoms with Crippen LogP contribution in [-0.4, -0.2) is 30.5 Å². The number of carboxylic acid groups (broad SMARTS) is 1. The Hall–Kier alpha value is -0.830. The van der Waals surface area contributed by atoms with E-state index >= 15 is 0 Å². The first-order chi connectivity index (χ1) is 6.11. The van der Waals surface area contributed by atoms with Crippen molar-refractivity contribution in [2.75, 3.05) is 19.6 Å². The van der Waals surface area contributed by atoms with Crippen molar-refractivity contribution in [3.63, 3.8) is 0 Å². The minimum absolute atomic E-state index is 0.326. The molecule has 3 nitrogen and oxygen atoms in total. The summed E-state index contributed by atoms with van der Waals surface area (Å²) in [4.78, 5) is 12.6. The second-order valence-corrected chi connectivity index (χ2v) is 2.99. The largest absolute Gasteiger partial charge is 0.545 e. The van der Waals surface area contributed by atoms with Gasteiger partial charge in [-0.1, -0.05) is 19.9 Å². The van der Waals surface area contributed by atoms with E-state index in [9.17, 15) is 9.90 Å². The van der Waals surface area contributed by atoms with Gasteiger partial charge in [-0.05, 0) is 32.0 Å². The van der Waals surface area contributed by atoms with E-state index < -0.39 is 5.97 Å². The fraction of sp³-hybridized carbons (Fsp3) is 0.700. The van der Waals surface area contributed by atoms with E-state index in [0.717, 1.165) is 26.1 Å². The average Bonchev–Trinajstić information content (AvgIpc) is 2.12. The van der Waals surface area contributed by atoms with Crippen LogP contribution < -0.4 is 5.11 Å². The molecule has 0 bridgehead atoms. The summed E-state index contributed by atoms with van der Waals surface area (Å²) in [5.74, 6) is -1.07. The van der Waals surface area contributed by atoms with Crippen molar-refractivity contribution in [1.29, 1.82) is 0 Å². The zero-order valence-electron chi connectivity index (χ0n) is 8.67. The molecule has 76 valence electrons. The lowest BCUT2D eigenvalue weighted by Gasteiger charge is -2.16. The van der Waals surface area contributed by atoms with Crippen LogP contribution in [0.2, 0.25) is 0 Å². The Balaban J connectivity index is 3.76. The van der Waals surface area contributed by atoms with Gasteiger partial charge in [-0.3, -0.25) is 0 Å². The first kappa shape index (κ1) is 12.2. The maximum atomic E-state index is 10.3. The first-order valence-corrected chi connectivity index (χ1v) is 4.72. The molecule has 0 aliphatic heterocycles. The van der Waals surface area contributed by atoms with Gasteiger partial charge in [0.15, 0.2) is 0 Å². The maximum Gasteiger partial charge on any atom is 0.0668 e. The molecule has 0 atom stereocenters. The SMILES string of the molecule is CCN(CC)CC/C=C(\C)C(=O)[O-]. The van der Waals surface area contributed by atoms with E-state index in [2.05, 4.69) is 18.7 Å². The molecule has 0 aromatic heterocycles. The zero-order valence-corrected chi connectivity index (χ0v) is 8.67. The molecule has 0 aliphatic rings. The summed E-state index contributed by atoms with van der Waals surface area (Å²) in [6.45, 7) is 8.69. The number of carbonyl (C=O) groups is 1. The molecule has 0 fully saturated rings. The summed E-state index contributed by atoms with van der Waals surface area (Å²) in [5, 5.41) is 10.3. The third kappa shape index (κ3) is 5.42. The molecule has 0 saturated carbocycles. The minimum Gasteiger partial charge on any atom is -0.545 e. The van der Waals surface area contributed by atoms with Gasteiger partial charge in [0.05, 0.1) is 5.97 Å². The lowest BCUT2D eigenvalue weighted by molar-refractivity contribution is -0.299. The van der Waals surface area contributed by atoms with Gasteiger partial charge in [-0.2, -0.15) is 0 Å². The fourth-order valence-corrected chi connectivity index (χ4v) is 1.09. The van der Waals surface area contributed by atoms with Crippen LogP contribution in [0.1, 0.15) is 27.2 Å². The molecule has 0 aliphatic carbocycles. The molecule has 0 heterocycles. The fourth-order valence-electron chi connectivity index (χ4n) is 1.09. The Morgan fingerprint density at radius 3 is 2.31 bits per heavy atom. The predicted octanol–water partition coefficient (Wildman–Crippen LogP) is 0.414. The maximum absolute atomic E-state index is 10.3. The van der Waals surface area contributed by atoms with Crippen molar-refractivity contribution in [2.45, 2.75) is 27.2 Å². The van der Waals surface area contributed by atoms with Gasteiger partial charge >= 0.3 is 0 Å². The summed E-state index contributed by atoms with van der Waals surface area (Å²) in [7, 11) is 0. The summed E-state index contributed by atoms with van der Waals surface area (Å²) in [6.07, 6.45) is 2.50. The number of rotatable bonds is 6. The number of hydrogen-bond donors (Lipinski definition) is 0. The molecule has 0 spiro atoms. The van der Waals surface area contributed by atoms with Crippen LogP contribution >= 0.6 is 0 Å². The van der Waals surface area contributed by atoms with Gasteiger partial charge in [-0.15, -0.1) is 0 Å². The van der Waals surface area contributed by atoms with Gasteiger partial charge in [-0.25, -0.2) is 0 Å². The van der Waals surface area contributed by atoms with Crippen LogP contribution in [-0.2, 0) is 4.79 Å². The van der Waals surface area contributed by atoms with E-state index in [1.807, 2.05) is 0 Å². The van der Waals surface area contributed by atoms with E-state index in [1.165, 1.54) is 0 Å². The van der Waals surface area contributed by atoms with Gasteiger partial charge in [0.2, 0.25) is 0 Å². The predicted molar refractivity (Wildman–Crippen MR) is 51.2 cm³/mol. The Morgan fingerprint density at radius 2 is 1.92 bits per heavy atom. The van der Waals surface area contributed by atoms with Crippen molar-refractivity contribution in [1.82, 2.24) is 4.90 Å². The smallest absolute Gasteiger partial charge is 0.0668 e. The van der Waals surface area contributed by atoms with Crippen LogP contribution in [0, 0.1) is 0 Å². The zero-order chi connectivity index (χ0) is 10.3. The van der Waals surface area contributed by atoms with Crippen LogP contribution in [0.3, 0.4) is 0 Å². The van der Waals surface area contributed by atoms with Crippen LogP contribution in [0.25, 0.3) is 0 Å². The summed E-state index contributed by atoms with van der Waals surface area (Å²) < 4.78 is 0. The highest BCUT2D eigenvalue weighted by Gasteiger charge is 1.96. The Bertz CT molecular complexity index is 183. The van der Waals surface area contributed by atoms with Crippen molar-refractivity contribution in [3.05, 3.63) is 11.6 Å². The molecule has 0 rings (SSSR count). The Morgan fingerprint density at radius 1 is 1.38 bits per heavy atom. The molecule has 0 aromatic rings. The quantitative estimate of drug-likeness (QED) is 0.562. The van der Waals surface area contributed by atoms with Crippen molar-refractivity contribution >= 4 is 5.97 Å². The summed E-state index contributed by atoms with van der Waals surface area (Å²) >= 11 is 0. The number of nitrogens with zero attached hydrogens (tertiary/aromatic N) is 1. The van der Waals surface area contributed by atoms with Crippen molar-refractivity contribution in [3.8, 4) is 0 Å². The minimum atomic E-state index is -1.07. The molecule has 0 aromatic carbocycles. The van der Waals surface area contributed by atoms with Crippen molar-refractivity contribution in [2.24, 2.45) is 0 Å². The highest BCUT2D eigenvalue weighted by molar-refractivity contribution is 5.83. The van der Waals surface area contributed by atoms with Gasteiger partial charge in [0.25, 0.3) is 0 Å². The third-order valence-corrected chi connectivity index (χ3v) is 2.11. The molecular weight excluding hydrogens is 166 g/mol. The van der Waals surface area contributed by atoms with E-state index in [0.29, 0.717) is 5.57 Å². The van der Waals surface area contributed by atoms with Crippen LogP contribution in [0.15, 0.2) is 11.6 Å². The molecule has 0 radical (unpaired) electrons. The van der Waals surface area contributed by atoms with Gasteiger partial charge < -0.3 is 14.8 Å². The molecule has 0 unspecified atom stereocenters. The first-order valence-electron chi connectivity index (χ1n) is 4.72. The highest BCUT2D eigenvalue weighted by Crippen LogP contribution is 1.96. The Kier molecular flexibility index (Phi) is 6.24. The molecule has 0 saturated heterocycles. The molecule has 0 N–H and O–H groups in total. The average molecular weight is 184 g/mol. The molecule has 13 heavy (non-hydrogen) atoms. The summed E-state index contributed by atoms with van der Waals surface area (Å²) in [6, 6.07) is 0. The number of hydrogen-bond acceptors (Lipinski definition) is 3. The van der Waals surface area contributed by atoms with Crippen LogP contribution in [0.4, 0.5) is 0 Å². The monoisotopic (exact) mass is 184 g/mol. The number of aliphatic carboxylic acids is 1.